The Morgan fingerprint density at radius 2 is 2.10 bits per heavy atom. The van der Waals surface area contributed by atoms with Gasteiger partial charge in [-0.1, -0.05) is 11.6 Å². The lowest BCUT2D eigenvalue weighted by atomic mass is 9.73. The molecular weight excluding hydrogens is 535 g/mol. The summed E-state index contributed by atoms with van der Waals surface area (Å²) in [7, 11) is 1.70. The van der Waals surface area contributed by atoms with Crippen molar-refractivity contribution in [3.63, 3.8) is 0 Å². The number of halogens is 2. The first kappa shape index (κ1) is 25.2. The molecule has 1 fully saturated rings. The number of aryl methyl sites for hydroxylation is 1. The Bertz CT molecular complexity index is 840. The van der Waals surface area contributed by atoms with Crippen molar-refractivity contribution in [1.29, 1.82) is 0 Å². The lowest BCUT2D eigenvalue weighted by molar-refractivity contribution is 0.0505. The second-order valence-corrected chi connectivity index (χ2v) is 8.91. The SMILES string of the molecule is CCNC(=NCc1ncc(C)s1)NCC1(c2cc(Cl)ccc2OC)CCOCC1.I. The van der Waals surface area contributed by atoms with Crippen LogP contribution < -0.4 is 15.4 Å². The third-order valence-electron chi connectivity index (χ3n) is 5.16. The average molecular weight is 565 g/mol. The van der Waals surface area contributed by atoms with E-state index >= 15 is 0 Å². The van der Waals surface area contributed by atoms with Crippen LogP contribution in [-0.2, 0) is 16.7 Å². The molecule has 6 nitrogen and oxygen atoms in total. The zero-order valence-corrected chi connectivity index (χ0v) is 21.6. The highest BCUT2D eigenvalue weighted by atomic mass is 127. The molecule has 3 rings (SSSR count). The number of methoxy groups -OCH3 is 1. The predicted octanol–water partition coefficient (Wildman–Crippen LogP) is 4.54. The lowest BCUT2D eigenvalue weighted by Crippen LogP contribution is -2.48. The Kier molecular flexibility index (Phi) is 10.1. The first-order chi connectivity index (χ1) is 14.1. The van der Waals surface area contributed by atoms with Gasteiger partial charge in [0.25, 0.3) is 0 Å². The van der Waals surface area contributed by atoms with E-state index in [4.69, 9.17) is 26.1 Å². The van der Waals surface area contributed by atoms with E-state index in [9.17, 15) is 0 Å². The number of thiazole rings is 1. The van der Waals surface area contributed by atoms with E-state index in [1.54, 1.807) is 18.4 Å². The summed E-state index contributed by atoms with van der Waals surface area (Å²) in [6, 6.07) is 5.83. The molecule has 1 aromatic heterocycles. The lowest BCUT2D eigenvalue weighted by Gasteiger charge is -2.39. The standard InChI is InChI=1S/C21H29ClN4O2S.HI/c1-4-23-20(25-13-19-24-12-15(2)29-19)26-14-21(7-9-28-10-8-21)17-11-16(22)5-6-18(17)27-3;/h5-6,11-12H,4,7-10,13-14H2,1-3H3,(H2,23,25,26);1H. The number of guanidine groups is 1. The van der Waals surface area contributed by atoms with E-state index in [2.05, 4.69) is 29.5 Å². The van der Waals surface area contributed by atoms with E-state index in [-0.39, 0.29) is 29.4 Å². The molecule has 1 saturated heterocycles. The highest BCUT2D eigenvalue weighted by Crippen LogP contribution is 2.40. The van der Waals surface area contributed by atoms with Crippen molar-refractivity contribution in [2.75, 3.05) is 33.4 Å². The Hall–Kier alpha value is -1.10. The quantitative estimate of drug-likeness (QED) is 0.294. The molecule has 1 aliphatic heterocycles. The molecule has 2 N–H and O–H groups in total. The molecule has 1 aliphatic rings. The van der Waals surface area contributed by atoms with Crippen molar-refractivity contribution < 1.29 is 9.47 Å². The van der Waals surface area contributed by atoms with Gasteiger partial charge < -0.3 is 20.1 Å². The monoisotopic (exact) mass is 564 g/mol. The molecule has 0 aliphatic carbocycles. The summed E-state index contributed by atoms with van der Waals surface area (Å²) in [6.07, 6.45) is 3.67. The molecule has 166 valence electrons. The Morgan fingerprint density at radius 1 is 1.33 bits per heavy atom. The summed E-state index contributed by atoms with van der Waals surface area (Å²) < 4.78 is 11.3. The number of benzene rings is 1. The van der Waals surface area contributed by atoms with Gasteiger partial charge >= 0.3 is 0 Å². The van der Waals surface area contributed by atoms with Gasteiger partial charge in [0, 0.05) is 53.4 Å². The summed E-state index contributed by atoms with van der Waals surface area (Å²) in [5.41, 5.74) is 0.984. The summed E-state index contributed by atoms with van der Waals surface area (Å²) in [6.45, 7) is 7.61. The van der Waals surface area contributed by atoms with Crippen molar-refractivity contribution in [3.8, 4) is 5.75 Å². The Morgan fingerprint density at radius 3 is 2.73 bits per heavy atom. The van der Waals surface area contributed by atoms with Gasteiger partial charge in [0.1, 0.15) is 10.8 Å². The fourth-order valence-electron chi connectivity index (χ4n) is 3.61. The van der Waals surface area contributed by atoms with Gasteiger partial charge in [-0.05, 0) is 44.9 Å². The van der Waals surface area contributed by atoms with E-state index < -0.39 is 0 Å². The molecular formula is C21H30ClIN4O2S. The molecule has 0 radical (unpaired) electrons. The number of nitrogens with zero attached hydrogens (tertiary/aromatic N) is 2. The third kappa shape index (κ3) is 6.45. The van der Waals surface area contributed by atoms with Crippen LogP contribution in [0.3, 0.4) is 0 Å². The van der Waals surface area contributed by atoms with E-state index in [0.717, 1.165) is 48.2 Å². The minimum atomic E-state index is -0.136. The number of aromatic nitrogens is 1. The van der Waals surface area contributed by atoms with Crippen LogP contribution in [-0.4, -0.2) is 44.4 Å². The summed E-state index contributed by atoms with van der Waals surface area (Å²) in [5.74, 6) is 1.64. The molecule has 0 saturated carbocycles. The molecule has 0 unspecified atom stereocenters. The smallest absolute Gasteiger partial charge is 0.191 e. The van der Waals surface area contributed by atoms with Crippen LogP contribution in [0.15, 0.2) is 29.4 Å². The van der Waals surface area contributed by atoms with E-state index in [0.29, 0.717) is 24.8 Å². The van der Waals surface area contributed by atoms with Crippen molar-refractivity contribution in [2.24, 2.45) is 4.99 Å². The number of rotatable bonds is 7. The predicted molar refractivity (Wildman–Crippen MR) is 135 cm³/mol. The molecule has 0 spiro atoms. The first-order valence-electron chi connectivity index (χ1n) is 9.91. The largest absolute Gasteiger partial charge is 0.496 e. The van der Waals surface area contributed by atoms with Crippen LogP contribution in [0.25, 0.3) is 0 Å². The van der Waals surface area contributed by atoms with Gasteiger partial charge in [0.15, 0.2) is 5.96 Å². The summed E-state index contributed by atoms with van der Waals surface area (Å²) >= 11 is 8.01. The maximum absolute atomic E-state index is 6.34. The highest BCUT2D eigenvalue weighted by molar-refractivity contribution is 14.0. The topological polar surface area (TPSA) is 67.8 Å². The zero-order chi connectivity index (χ0) is 20.7. The number of ether oxygens (including phenoxy) is 2. The molecule has 0 bridgehead atoms. The minimum Gasteiger partial charge on any atom is -0.496 e. The van der Waals surface area contributed by atoms with E-state index in [1.807, 2.05) is 24.4 Å². The highest BCUT2D eigenvalue weighted by Gasteiger charge is 2.37. The fourth-order valence-corrected chi connectivity index (χ4v) is 4.50. The van der Waals surface area contributed by atoms with Gasteiger partial charge in [0.05, 0.1) is 13.7 Å². The average Bonchev–Trinajstić information content (AvgIpc) is 3.16. The van der Waals surface area contributed by atoms with Gasteiger partial charge in [-0.2, -0.15) is 0 Å². The number of hydrogen-bond donors (Lipinski definition) is 2. The molecule has 1 aromatic carbocycles. The van der Waals surface area contributed by atoms with Crippen molar-refractivity contribution in [2.45, 2.75) is 38.6 Å². The normalized spacial score (nSPS) is 15.9. The summed E-state index contributed by atoms with van der Waals surface area (Å²) in [4.78, 5) is 10.3. The molecule has 9 heteroatoms. The maximum Gasteiger partial charge on any atom is 0.191 e. The van der Waals surface area contributed by atoms with Crippen molar-refractivity contribution >= 4 is 52.9 Å². The second kappa shape index (κ2) is 12.1. The molecule has 0 atom stereocenters. The van der Waals surface area contributed by atoms with Crippen LogP contribution in [0, 0.1) is 6.92 Å². The van der Waals surface area contributed by atoms with Crippen LogP contribution in [0.1, 0.15) is 35.2 Å². The van der Waals surface area contributed by atoms with Gasteiger partial charge in [0.2, 0.25) is 0 Å². The number of nitrogens with one attached hydrogen (secondary N) is 2. The van der Waals surface area contributed by atoms with E-state index in [1.165, 1.54) is 4.88 Å². The Balaban J connectivity index is 0.00000320. The van der Waals surface area contributed by atoms with Crippen LogP contribution in [0.4, 0.5) is 0 Å². The molecule has 2 heterocycles. The zero-order valence-electron chi connectivity index (χ0n) is 17.7. The molecule has 30 heavy (non-hydrogen) atoms. The van der Waals surface area contributed by atoms with Gasteiger partial charge in [-0.3, -0.25) is 0 Å². The minimum absolute atomic E-state index is 0. The van der Waals surface area contributed by atoms with Gasteiger partial charge in [-0.25, -0.2) is 9.98 Å². The third-order valence-corrected chi connectivity index (χ3v) is 6.30. The van der Waals surface area contributed by atoms with Crippen LogP contribution in [0.2, 0.25) is 5.02 Å². The van der Waals surface area contributed by atoms with Crippen LogP contribution >= 0.6 is 46.9 Å². The second-order valence-electron chi connectivity index (χ2n) is 7.15. The fraction of sp³-hybridized carbons (Fsp3) is 0.524. The van der Waals surface area contributed by atoms with Crippen LogP contribution in [0.5, 0.6) is 5.75 Å². The van der Waals surface area contributed by atoms with Crippen molar-refractivity contribution in [1.82, 2.24) is 15.6 Å². The van der Waals surface area contributed by atoms with Crippen molar-refractivity contribution in [3.05, 3.63) is 44.9 Å². The molecule has 2 aromatic rings. The number of aliphatic imine (C=N–C) groups is 1. The number of hydrogen-bond acceptors (Lipinski definition) is 5. The first-order valence-corrected chi connectivity index (χ1v) is 11.1. The summed E-state index contributed by atoms with van der Waals surface area (Å²) in [5, 5.41) is 8.60. The maximum atomic E-state index is 6.34. The van der Waals surface area contributed by atoms with Gasteiger partial charge in [-0.15, -0.1) is 35.3 Å². The Labute approximate surface area is 204 Å². The molecule has 0 amide bonds.